The van der Waals surface area contributed by atoms with Crippen LogP contribution in [0.15, 0.2) is 54.9 Å². The largest absolute Gasteiger partial charge is 0.478 e. The first kappa shape index (κ1) is 19.7. The number of aromatic nitrogens is 2. The maximum absolute atomic E-state index is 14.5. The predicted octanol–water partition coefficient (Wildman–Crippen LogP) is 3.63. The number of pyridine rings is 2. The van der Waals surface area contributed by atoms with Gasteiger partial charge in [-0.3, -0.25) is 14.8 Å². The van der Waals surface area contributed by atoms with Gasteiger partial charge in [-0.2, -0.15) is 0 Å². The van der Waals surface area contributed by atoms with Crippen molar-refractivity contribution >= 4 is 11.9 Å². The number of rotatable bonds is 4. The molecule has 0 fully saturated rings. The summed E-state index contributed by atoms with van der Waals surface area (Å²) in [5, 5.41) is 12.1. The molecule has 7 heteroatoms. The molecule has 2 heterocycles. The van der Waals surface area contributed by atoms with Gasteiger partial charge in [0, 0.05) is 12.4 Å². The van der Waals surface area contributed by atoms with E-state index in [-0.39, 0.29) is 17.1 Å². The van der Waals surface area contributed by atoms with Crippen molar-refractivity contribution < 1.29 is 19.1 Å². The van der Waals surface area contributed by atoms with E-state index in [0.29, 0.717) is 23.2 Å². The Morgan fingerprint density at radius 2 is 2.00 bits per heavy atom. The van der Waals surface area contributed by atoms with Gasteiger partial charge >= 0.3 is 5.97 Å². The van der Waals surface area contributed by atoms with Gasteiger partial charge in [0.05, 0.1) is 11.3 Å². The van der Waals surface area contributed by atoms with Gasteiger partial charge in [-0.1, -0.05) is 18.2 Å². The molecule has 3 aromatic rings. The Hall–Kier alpha value is -3.61. The number of carboxylic acids is 1. The number of fused-ring (bicyclic) bond motifs is 1. The van der Waals surface area contributed by atoms with Gasteiger partial charge in [0.1, 0.15) is 17.1 Å². The minimum Gasteiger partial charge on any atom is -0.478 e. The highest BCUT2D eigenvalue weighted by atomic mass is 19.1. The minimum atomic E-state index is -1.12. The molecular formula is C23H20FN3O3. The molecule has 2 aromatic heterocycles. The van der Waals surface area contributed by atoms with Gasteiger partial charge in [-0.15, -0.1) is 0 Å². The van der Waals surface area contributed by atoms with E-state index in [1.165, 1.54) is 18.2 Å². The van der Waals surface area contributed by atoms with Crippen LogP contribution in [-0.2, 0) is 12.0 Å². The molecule has 0 bridgehead atoms. The summed E-state index contributed by atoms with van der Waals surface area (Å²) in [6, 6.07) is 11.4. The smallest absolute Gasteiger partial charge is 0.337 e. The van der Waals surface area contributed by atoms with E-state index < -0.39 is 17.4 Å². The van der Waals surface area contributed by atoms with Crippen molar-refractivity contribution in [3.05, 3.63) is 94.3 Å². The number of hydrogen-bond donors (Lipinski definition) is 2. The van der Waals surface area contributed by atoms with Crippen molar-refractivity contribution in [1.82, 2.24) is 15.3 Å². The molecule has 0 radical (unpaired) electrons. The van der Waals surface area contributed by atoms with E-state index in [1.807, 2.05) is 18.2 Å². The highest BCUT2D eigenvalue weighted by Crippen LogP contribution is 2.40. The number of carboxylic acid groups (broad SMARTS) is 1. The first-order chi connectivity index (χ1) is 14.4. The topological polar surface area (TPSA) is 92.2 Å². The Morgan fingerprint density at radius 3 is 2.70 bits per heavy atom. The lowest BCUT2D eigenvalue weighted by Crippen LogP contribution is -2.49. The van der Waals surface area contributed by atoms with E-state index in [9.17, 15) is 14.0 Å². The molecule has 0 unspecified atom stereocenters. The first-order valence-corrected chi connectivity index (χ1v) is 9.63. The van der Waals surface area contributed by atoms with E-state index >= 15 is 0 Å². The van der Waals surface area contributed by atoms with Crippen molar-refractivity contribution in [2.24, 2.45) is 0 Å². The van der Waals surface area contributed by atoms with Crippen molar-refractivity contribution in [2.75, 3.05) is 0 Å². The van der Waals surface area contributed by atoms with Crippen LogP contribution in [0.2, 0.25) is 0 Å². The maximum Gasteiger partial charge on any atom is 0.337 e. The number of hydrogen-bond acceptors (Lipinski definition) is 4. The molecule has 0 saturated heterocycles. The quantitative estimate of drug-likeness (QED) is 0.692. The molecule has 1 aromatic carbocycles. The van der Waals surface area contributed by atoms with E-state index in [4.69, 9.17) is 5.11 Å². The lowest BCUT2D eigenvalue weighted by Gasteiger charge is -2.39. The van der Waals surface area contributed by atoms with Crippen LogP contribution in [0.1, 0.15) is 56.1 Å². The molecule has 30 heavy (non-hydrogen) atoms. The SMILES string of the molecule is Cc1ccc([C@@]2(NC(=O)c3ccc(C(=O)O)cn3)CCCc3cccnc32)cc1F. The fourth-order valence-electron chi connectivity index (χ4n) is 3.93. The number of aromatic carboxylic acids is 1. The summed E-state index contributed by atoms with van der Waals surface area (Å²) >= 11 is 0. The second kappa shape index (κ2) is 7.67. The molecule has 1 aliphatic rings. The Balaban J connectivity index is 1.80. The van der Waals surface area contributed by atoms with Crippen LogP contribution in [0.3, 0.4) is 0 Å². The number of benzene rings is 1. The molecular weight excluding hydrogens is 385 g/mol. The molecule has 2 N–H and O–H groups in total. The average Bonchev–Trinajstić information content (AvgIpc) is 2.76. The zero-order valence-electron chi connectivity index (χ0n) is 16.4. The lowest BCUT2D eigenvalue weighted by molar-refractivity contribution is 0.0695. The third-order valence-corrected chi connectivity index (χ3v) is 5.53. The Bertz CT molecular complexity index is 1130. The number of carbonyl (C=O) groups excluding carboxylic acids is 1. The second-order valence-electron chi connectivity index (χ2n) is 7.43. The number of aryl methyl sites for hydroxylation is 2. The van der Waals surface area contributed by atoms with E-state index in [1.54, 1.807) is 19.2 Å². The Kier molecular flexibility index (Phi) is 5.03. The summed E-state index contributed by atoms with van der Waals surface area (Å²) in [6.45, 7) is 1.69. The Labute approximate surface area is 172 Å². The second-order valence-corrected chi connectivity index (χ2v) is 7.43. The summed E-state index contributed by atoms with van der Waals surface area (Å²) in [5.74, 6) is -1.95. The summed E-state index contributed by atoms with van der Waals surface area (Å²) in [7, 11) is 0. The fraction of sp³-hybridized carbons (Fsp3) is 0.217. The number of halogens is 1. The number of nitrogens with one attached hydrogen (secondary N) is 1. The molecule has 1 aliphatic carbocycles. The molecule has 0 spiro atoms. The molecule has 6 nitrogen and oxygen atoms in total. The summed E-state index contributed by atoms with van der Waals surface area (Å²) < 4.78 is 14.5. The molecule has 0 saturated carbocycles. The number of nitrogens with zero attached hydrogens (tertiary/aromatic N) is 2. The van der Waals surface area contributed by atoms with Crippen LogP contribution in [0.25, 0.3) is 0 Å². The van der Waals surface area contributed by atoms with Gasteiger partial charge in [0.2, 0.25) is 0 Å². The molecule has 0 aliphatic heterocycles. The number of amides is 1. The molecule has 1 amide bonds. The first-order valence-electron chi connectivity index (χ1n) is 9.63. The van der Waals surface area contributed by atoms with Crippen molar-refractivity contribution in [1.29, 1.82) is 0 Å². The van der Waals surface area contributed by atoms with E-state index in [2.05, 4.69) is 15.3 Å². The van der Waals surface area contributed by atoms with Crippen molar-refractivity contribution in [3.63, 3.8) is 0 Å². The lowest BCUT2D eigenvalue weighted by atomic mass is 9.75. The van der Waals surface area contributed by atoms with E-state index in [0.717, 1.165) is 24.6 Å². The molecule has 1 atom stereocenters. The van der Waals surface area contributed by atoms with Crippen molar-refractivity contribution in [2.45, 2.75) is 31.7 Å². The van der Waals surface area contributed by atoms with Crippen LogP contribution in [-0.4, -0.2) is 27.0 Å². The highest BCUT2D eigenvalue weighted by Gasteiger charge is 2.41. The highest BCUT2D eigenvalue weighted by molar-refractivity contribution is 5.94. The van der Waals surface area contributed by atoms with Crippen LogP contribution in [0.4, 0.5) is 4.39 Å². The maximum atomic E-state index is 14.5. The normalized spacial score (nSPS) is 17.8. The van der Waals surface area contributed by atoms with Crippen LogP contribution < -0.4 is 5.32 Å². The monoisotopic (exact) mass is 405 g/mol. The van der Waals surface area contributed by atoms with Crippen LogP contribution in [0, 0.1) is 12.7 Å². The third-order valence-electron chi connectivity index (χ3n) is 5.53. The molecule has 4 rings (SSSR count). The van der Waals surface area contributed by atoms with Crippen LogP contribution >= 0.6 is 0 Å². The summed E-state index contributed by atoms with van der Waals surface area (Å²) in [4.78, 5) is 32.7. The minimum absolute atomic E-state index is 0.00783. The van der Waals surface area contributed by atoms with Crippen LogP contribution in [0.5, 0.6) is 0 Å². The van der Waals surface area contributed by atoms with Gasteiger partial charge in [0.25, 0.3) is 5.91 Å². The standard InChI is InChI=1S/C23H20FN3O3/c1-14-6-8-17(12-18(14)24)23(10-2-4-15-5-3-11-25-20(15)23)27-21(28)19-9-7-16(13-26-19)22(29)30/h3,5-9,11-13H,2,4,10H2,1H3,(H,27,28)(H,29,30)/t23-/m0/s1. The molecule has 152 valence electrons. The van der Waals surface area contributed by atoms with Gasteiger partial charge < -0.3 is 10.4 Å². The fourth-order valence-corrected chi connectivity index (χ4v) is 3.93. The van der Waals surface area contributed by atoms with Gasteiger partial charge in [0.15, 0.2) is 0 Å². The summed E-state index contributed by atoms with van der Waals surface area (Å²) in [5.41, 5.74) is 1.88. The average molecular weight is 405 g/mol. The Morgan fingerprint density at radius 1 is 1.17 bits per heavy atom. The van der Waals surface area contributed by atoms with Crippen molar-refractivity contribution in [3.8, 4) is 0 Å². The summed E-state index contributed by atoms with van der Waals surface area (Å²) in [6.07, 6.45) is 4.97. The zero-order valence-corrected chi connectivity index (χ0v) is 16.4. The zero-order chi connectivity index (χ0) is 21.3. The van der Waals surface area contributed by atoms with Gasteiger partial charge in [-0.25, -0.2) is 9.18 Å². The van der Waals surface area contributed by atoms with Gasteiger partial charge in [-0.05, 0) is 67.1 Å². The number of carbonyl (C=O) groups is 2. The third kappa shape index (κ3) is 3.43. The predicted molar refractivity (Wildman–Crippen MR) is 108 cm³/mol.